The lowest BCUT2D eigenvalue weighted by atomic mass is 10.0. The van der Waals surface area contributed by atoms with Crippen molar-refractivity contribution >= 4 is 40.0 Å². The van der Waals surface area contributed by atoms with Gasteiger partial charge in [-0.05, 0) is 83.4 Å². The number of aromatic nitrogens is 1. The molecule has 184 valence electrons. The van der Waals surface area contributed by atoms with Gasteiger partial charge in [-0.2, -0.15) is 0 Å². The molecule has 0 radical (unpaired) electrons. The third kappa shape index (κ3) is 4.84. The highest BCUT2D eigenvalue weighted by atomic mass is 32.2. The van der Waals surface area contributed by atoms with E-state index in [4.69, 9.17) is 9.72 Å². The minimum atomic E-state index is -0.315. The largest absolute Gasteiger partial charge is 0.462 e. The summed E-state index contributed by atoms with van der Waals surface area (Å²) in [5.74, 6) is -0.315. The number of carbonyl (C=O) groups is 1. The molecule has 0 amide bonds. The first-order valence-corrected chi connectivity index (χ1v) is 13.2. The highest BCUT2D eigenvalue weighted by Gasteiger charge is 2.24. The molecule has 0 unspecified atom stereocenters. The lowest BCUT2D eigenvalue weighted by Crippen LogP contribution is -2.25. The van der Waals surface area contributed by atoms with Crippen LogP contribution >= 0.6 is 11.8 Å². The summed E-state index contributed by atoms with van der Waals surface area (Å²) in [7, 11) is 4.22. The number of aryl methyl sites for hydroxylation is 1. The van der Waals surface area contributed by atoms with Gasteiger partial charge in [0, 0.05) is 27.3 Å². The van der Waals surface area contributed by atoms with Crippen LogP contribution in [0.3, 0.4) is 0 Å². The Morgan fingerprint density at radius 3 is 2.61 bits per heavy atom. The maximum atomic E-state index is 12.9. The molecule has 5 rings (SSSR count). The van der Waals surface area contributed by atoms with E-state index >= 15 is 0 Å². The van der Waals surface area contributed by atoms with Crippen molar-refractivity contribution in [1.82, 2.24) is 9.88 Å². The Kier molecular flexibility index (Phi) is 6.99. The van der Waals surface area contributed by atoms with Gasteiger partial charge in [0.1, 0.15) is 0 Å². The van der Waals surface area contributed by atoms with Crippen LogP contribution in [-0.2, 0) is 4.74 Å². The molecule has 0 saturated heterocycles. The summed E-state index contributed by atoms with van der Waals surface area (Å²) in [5.41, 5.74) is 6.61. The van der Waals surface area contributed by atoms with Crippen LogP contribution in [0.2, 0.25) is 0 Å². The highest BCUT2D eigenvalue weighted by molar-refractivity contribution is 7.99. The van der Waals surface area contributed by atoms with Crippen molar-refractivity contribution in [2.75, 3.05) is 38.7 Å². The van der Waals surface area contributed by atoms with Crippen LogP contribution in [0.4, 0.5) is 11.4 Å². The average Bonchev–Trinajstić information content (AvgIpc) is 2.87. The number of nitrogens with zero attached hydrogens (tertiary/aromatic N) is 3. The first-order valence-electron chi connectivity index (χ1n) is 12.4. The fourth-order valence-corrected chi connectivity index (χ4v) is 5.72. The van der Waals surface area contributed by atoms with E-state index in [1.807, 2.05) is 38.1 Å². The van der Waals surface area contributed by atoms with Gasteiger partial charge in [-0.15, -0.1) is 0 Å². The summed E-state index contributed by atoms with van der Waals surface area (Å²) in [5, 5.41) is 0.824. The SMILES string of the molecule is CCOC(=O)c1cc(-c2ccc3c(c2)N(CCCN(C)C)c2ccccc2S3)nc2ccc(C)cc12. The van der Waals surface area contributed by atoms with Gasteiger partial charge >= 0.3 is 5.97 Å². The molecule has 2 heterocycles. The lowest BCUT2D eigenvalue weighted by molar-refractivity contribution is 0.0528. The van der Waals surface area contributed by atoms with E-state index in [9.17, 15) is 4.79 Å². The first kappa shape index (κ1) is 24.3. The van der Waals surface area contributed by atoms with Gasteiger partial charge in [-0.3, -0.25) is 0 Å². The third-order valence-electron chi connectivity index (χ3n) is 6.37. The number of carbonyl (C=O) groups excluding carboxylic acids is 1. The number of anilines is 2. The molecule has 0 saturated carbocycles. The van der Waals surface area contributed by atoms with E-state index in [1.165, 1.54) is 21.2 Å². The van der Waals surface area contributed by atoms with E-state index in [0.717, 1.165) is 47.2 Å². The van der Waals surface area contributed by atoms with Crippen molar-refractivity contribution in [3.05, 3.63) is 77.9 Å². The van der Waals surface area contributed by atoms with Crippen molar-refractivity contribution in [3.8, 4) is 11.3 Å². The fraction of sp³-hybridized carbons (Fsp3) is 0.267. The molecule has 0 fully saturated rings. The quantitative estimate of drug-likeness (QED) is 0.258. The maximum Gasteiger partial charge on any atom is 0.338 e. The van der Waals surface area contributed by atoms with Gasteiger partial charge in [0.2, 0.25) is 0 Å². The summed E-state index contributed by atoms with van der Waals surface area (Å²) < 4.78 is 5.39. The molecule has 4 aromatic rings. The second kappa shape index (κ2) is 10.3. The molecular formula is C30H31N3O2S. The van der Waals surface area contributed by atoms with E-state index in [-0.39, 0.29) is 5.97 Å². The van der Waals surface area contributed by atoms with Crippen molar-refractivity contribution < 1.29 is 9.53 Å². The van der Waals surface area contributed by atoms with Crippen LogP contribution in [0.15, 0.2) is 76.5 Å². The van der Waals surface area contributed by atoms with Crippen LogP contribution in [0.5, 0.6) is 0 Å². The van der Waals surface area contributed by atoms with Gasteiger partial charge in [0.15, 0.2) is 0 Å². The fourth-order valence-electron chi connectivity index (χ4n) is 4.64. The molecule has 0 spiro atoms. The number of rotatable bonds is 7. The Labute approximate surface area is 217 Å². The van der Waals surface area contributed by atoms with Crippen LogP contribution < -0.4 is 4.90 Å². The number of ether oxygens (including phenoxy) is 1. The number of para-hydroxylation sites is 1. The average molecular weight is 498 g/mol. The van der Waals surface area contributed by atoms with E-state index < -0.39 is 0 Å². The third-order valence-corrected chi connectivity index (χ3v) is 7.50. The summed E-state index contributed by atoms with van der Waals surface area (Å²) in [6.45, 7) is 6.13. The smallest absolute Gasteiger partial charge is 0.338 e. The molecule has 5 nitrogen and oxygen atoms in total. The number of hydrogen-bond donors (Lipinski definition) is 0. The summed E-state index contributed by atoms with van der Waals surface area (Å²) >= 11 is 1.80. The molecule has 1 aromatic heterocycles. The molecular weight excluding hydrogens is 466 g/mol. The minimum absolute atomic E-state index is 0.315. The Hall–Kier alpha value is -3.35. The first-order chi connectivity index (χ1) is 17.4. The number of esters is 1. The molecule has 6 heteroatoms. The zero-order chi connectivity index (χ0) is 25.2. The summed E-state index contributed by atoms with van der Waals surface area (Å²) in [6, 6.07) is 23.0. The van der Waals surface area contributed by atoms with Crippen molar-refractivity contribution in [2.24, 2.45) is 0 Å². The van der Waals surface area contributed by atoms with Gasteiger partial charge < -0.3 is 14.5 Å². The Balaban J connectivity index is 1.60. The molecule has 0 aliphatic carbocycles. The van der Waals surface area contributed by atoms with Gasteiger partial charge in [-0.1, -0.05) is 41.6 Å². The van der Waals surface area contributed by atoms with Crippen LogP contribution in [0.25, 0.3) is 22.2 Å². The predicted molar refractivity (Wildman–Crippen MR) is 149 cm³/mol. The predicted octanol–water partition coefficient (Wildman–Crippen LogP) is 6.94. The standard InChI is InChI=1S/C30H31N3O2S/c1-5-35-30(34)23-19-25(31-24-13-11-20(2)17-22(23)24)21-12-14-29-27(18-21)33(16-8-15-32(3)4)26-9-6-7-10-28(26)36-29/h6-7,9-14,17-19H,5,8,15-16H2,1-4H3. The van der Waals surface area contributed by atoms with Crippen LogP contribution in [-0.4, -0.2) is 49.6 Å². The zero-order valence-electron chi connectivity index (χ0n) is 21.2. The number of hydrogen-bond acceptors (Lipinski definition) is 6. The second-order valence-corrected chi connectivity index (χ2v) is 10.4. The normalized spacial score (nSPS) is 12.5. The Bertz CT molecular complexity index is 1430. The van der Waals surface area contributed by atoms with Gasteiger partial charge in [0.25, 0.3) is 0 Å². The van der Waals surface area contributed by atoms with Gasteiger partial charge in [-0.25, -0.2) is 9.78 Å². The Morgan fingerprint density at radius 2 is 1.81 bits per heavy atom. The highest BCUT2D eigenvalue weighted by Crippen LogP contribution is 2.49. The van der Waals surface area contributed by atoms with E-state index in [1.54, 1.807) is 11.8 Å². The van der Waals surface area contributed by atoms with Crippen molar-refractivity contribution in [2.45, 2.75) is 30.1 Å². The topological polar surface area (TPSA) is 45.7 Å². The molecule has 1 aliphatic rings. The molecule has 3 aromatic carbocycles. The molecule has 0 N–H and O–H groups in total. The second-order valence-electron chi connectivity index (χ2n) is 9.36. The van der Waals surface area contributed by atoms with Crippen molar-refractivity contribution in [3.63, 3.8) is 0 Å². The van der Waals surface area contributed by atoms with E-state index in [2.05, 4.69) is 66.4 Å². The number of fused-ring (bicyclic) bond motifs is 3. The van der Waals surface area contributed by atoms with Crippen LogP contribution in [0, 0.1) is 6.92 Å². The maximum absolute atomic E-state index is 12.9. The number of benzene rings is 3. The van der Waals surface area contributed by atoms with Gasteiger partial charge in [0.05, 0.1) is 34.8 Å². The minimum Gasteiger partial charge on any atom is -0.462 e. The van der Waals surface area contributed by atoms with E-state index in [0.29, 0.717) is 12.2 Å². The summed E-state index contributed by atoms with van der Waals surface area (Å²) in [6.07, 6.45) is 1.05. The summed E-state index contributed by atoms with van der Waals surface area (Å²) in [4.78, 5) is 25.0. The van der Waals surface area contributed by atoms with Crippen molar-refractivity contribution in [1.29, 1.82) is 0 Å². The lowest BCUT2D eigenvalue weighted by Gasteiger charge is -2.33. The number of pyridine rings is 1. The molecule has 0 atom stereocenters. The monoisotopic (exact) mass is 497 g/mol. The Morgan fingerprint density at radius 1 is 1.00 bits per heavy atom. The van der Waals surface area contributed by atoms with Crippen LogP contribution in [0.1, 0.15) is 29.3 Å². The molecule has 0 bridgehead atoms. The zero-order valence-corrected chi connectivity index (χ0v) is 22.1. The molecule has 1 aliphatic heterocycles. The molecule has 36 heavy (non-hydrogen) atoms.